The standard InChI is InChI=1S/C16H28N2O/c1-16(2,9-11-19-3)13-18-12-15-7-5-4-6-14(15)8-10-17/h4-7,18H,8-13,17H2,1-3H3. The van der Waals surface area contributed by atoms with Crippen LogP contribution in [0.4, 0.5) is 0 Å². The predicted octanol–water partition coefficient (Wildman–Crippen LogP) is 2.34. The monoisotopic (exact) mass is 264 g/mol. The Hall–Kier alpha value is -0.900. The Morgan fingerprint density at radius 1 is 1.21 bits per heavy atom. The van der Waals surface area contributed by atoms with Gasteiger partial charge in [-0.15, -0.1) is 0 Å². The molecule has 0 saturated carbocycles. The fourth-order valence-electron chi connectivity index (χ4n) is 2.13. The van der Waals surface area contributed by atoms with Crippen molar-refractivity contribution in [3.05, 3.63) is 35.4 Å². The molecule has 0 aliphatic rings. The van der Waals surface area contributed by atoms with E-state index in [0.717, 1.165) is 32.5 Å². The molecule has 0 aliphatic carbocycles. The minimum absolute atomic E-state index is 0.263. The van der Waals surface area contributed by atoms with Crippen LogP contribution in [0.3, 0.4) is 0 Å². The molecule has 3 heteroatoms. The molecule has 0 unspecified atom stereocenters. The largest absolute Gasteiger partial charge is 0.385 e. The molecule has 0 fully saturated rings. The molecule has 0 saturated heterocycles. The van der Waals surface area contributed by atoms with Gasteiger partial charge in [-0.3, -0.25) is 0 Å². The summed E-state index contributed by atoms with van der Waals surface area (Å²) in [5, 5.41) is 3.55. The number of benzene rings is 1. The summed E-state index contributed by atoms with van der Waals surface area (Å²) in [6.07, 6.45) is 2.02. The molecule has 3 nitrogen and oxygen atoms in total. The van der Waals surface area contributed by atoms with Crippen molar-refractivity contribution < 1.29 is 4.74 Å². The number of ether oxygens (including phenoxy) is 1. The van der Waals surface area contributed by atoms with E-state index in [1.807, 2.05) is 0 Å². The quantitative estimate of drug-likeness (QED) is 0.719. The fourth-order valence-corrected chi connectivity index (χ4v) is 2.13. The Kier molecular flexibility index (Phi) is 7.06. The second kappa shape index (κ2) is 8.31. The van der Waals surface area contributed by atoms with Crippen LogP contribution in [0.2, 0.25) is 0 Å². The SMILES string of the molecule is COCCC(C)(C)CNCc1ccccc1CCN. The first-order valence-corrected chi connectivity index (χ1v) is 7.05. The van der Waals surface area contributed by atoms with Crippen molar-refractivity contribution in [2.24, 2.45) is 11.1 Å². The number of rotatable bonds is 9. The van der Waals surface area contributed by atoms with Gasteiger partial charge in [0, 0.05) is 26.8 Å². The topological polar surface area (TPSA) is 47.3 Å². The van der Waals surface area contributed by atoms with Crippen LogP contribution in [0.25, 0.3) is 0 Å². The minimum Gasteiger partial charge on any atom is -0.385 e. The average molecular weight is 264 g/mol. The highest BCUT2D eigenvalue weighted by Crippen LogP contribution is 2.19. The van der Waals surface area contributed by atoms with Crippen molar-refractivity contribution in [1.29, 1.82) is 0 Å². The molecule has 0 aromatic heterocycles. The highest BCUT2D eigenvalue weighted by Gasteiger charge is 2.16. The highest BCUT2D eigenvalue weighted by atomic mass is 16.5. The summed E-state index contributed by atoms with van der Waals surface area (Å²) in [6.45, 7) is 7.96. The predicted molar refractivity (Wildman–Crippen MR) is 81.2 cm³/mol. The summed E-state index contributed by atoms with van der Waals surface area (Å²) in [5.74, 6) is 0. The lowest BCUT2D eigenvalue weighted by atomic mass is 9.89. The zero-order valence-electron chi connectivity index (χ0n) is 12.5. The van der Waals surface area contributed by atoms with Gasteiger partial charge in [-0.25, -0.2) is 0 Å². The van der Waals surface area contributed by atoms with E-state index < -0.39 is 0 Å². The zero-order chi connectivity index (χ0) is 14.1. The van der Waals surface area contributed by atoms with E-state index in [-0.39, 0.29) is 5.41 Å². The Balaban J connectivity index is 2.44. The molecule has 0 radical (unpaired) electrons. The molecule has 0 spiro atoms. The second-order valence-electron chi connectivity index (χ2n) is 5.82. The smallest absolute Gasteiger partial charge is 0.0467 e. The van der Waals surface area contributed by atoms with Gasteiger partial charge in [-0.1, -0.05) is 38.1 Å². The van der Waals surface area contributed by atoms with Gasteiger partial charge >= 0.3 is 0 Å². The van der Waals surface area contributed by atoms with E-state index in [1.54, 1.807) is 7.11 Å². The number of methoxy groups -OCH3 is 1. The third-order valence-electron chi connectivity index (χ3n) is 3.43. The normalized spacial score (nSPS) is 11.8. The van der Waals surface area contributed by atoms with Gasteiger partial charge in [0.2, 0.25) is 0 Å². The van der Waals surface area contributed by atoms with E-state index >= 15 is 0 Å². The lowest BCUT2D eigenvalue weighted by molar-refractivity contribution is 0.150. The Bertz CT molecular complexity index is 364. The summed E-state index contributed by atoms with van der Waals surface area (Å²) in [5.41, 5.74) is 8.62. The van der Waals surface area contributed by atoms with Crippen molar-refractivity contribution >= 4 is 0 Å². The van der Waals surface area contributed by atoms with E-state index in [2.05, 4.69) is 43.4 Å². The van der Waals surface area contributed by atoms with Crippen LogP contribution in [0, 0.1) is 5.41 Å². The number of nitrogens with one attached hydrogen (secondary N) is 1. The van der Waals surface area contributed by atoms with Crippen molar-refractivity contribution in [2.45, 2.75) is 33.2 Å². The van der Waals surface area contributed by atoms with Gasteiger partial charge in [-0.05, 0) is 35.9 Å². The Labute approximate surface area is 117 Å². The number of hydrogen-bond acceptors (Lipinski definition) is 3. The molecular formula is C16H28N2O. The molecule has 0 heterocycles. The van der Waals surface area contributed by atoms with Crippen LogP contribution >= 0.6 is 0 Å². The van der Waals surface area contributed by atoms with Crippen LogP contribution in [-0.4, -0.2) is 26.8 Å². The Morgan fingerprint density at radius 2 is 1.89 bits per heavy atom. The van der Waals surface area contributed by atoms with Crippen molar-refractivity contribution in [3.63, 3.8) is 0 Å². The Morgan fingerprint density at radius 3 is 2.53 bits per heavy atom. The maximum atomic E-state index is 5.65. The lowest BCUT2D eigenvalue weighted by Gasteiger charge is -2.25. The molecule has 1 aromatic rings. The number of nitrogens with two attached hydrogens (primary N) is 1. The first kappa shape index (κ1) is 16.2. The van der Waals surface area contributed by atoms with Crippen LogP contribution < -0.4 is 11.1 Å². The van der Waals surface area contributed by atoms with Crippen molar-refractivity contribution in [1.82, 2.24) is 5.32 Å². The molecule has 19 heavy (non-hydrogen) atoms. The molecule has 0 atom stereocenters. The van der Waals surface area contributed by atoms with E-state index in [0.29, 0.717) is 6.54 Å². The van der Waals surface area contributed by atoms with E-state index in [4.69, 9.17) is 10.5 Å². The fraction of sp³-hybridized carbons (Fsp3) is 0.625. The van der Waals surface area contributed by atoms with Gasteiger partial charge in [-0.2, -0.15) is 0 Å². The lowest BCUT2D eigenvalue weighted by Crippen LogP contribution is -2.30. The van der Waals surface area contributed by atoms with Crippen LogP contribution in [0.1, 0.15) is 31.4 Å². The van der Waals surface area contributed by atoms with Crippen LogP contribution in [0.15, 0.2) is 24.3 Å². The minimum atomic E-state index is 0.263. The highest BCUT2D eigenvalue weighted by molar-refractivity contribution is 5.27. The molecule has 1 aromatic carbocycles. The van der Waals surface area contributed by atoms with Gasteiger partial charge in [0.05, 0.1) is 0 Å². The summed E-state index contributed by atoms with van der Waals surface area (Å²) < 4.78 is 5.15. The van der Waals surface area contributed by atoms with Gasteiger partial charge in [0.1, 0.15) is 0 Å². The first-order valence-electron chi connectivity index (χ1n) is 7.05. The molecule has 0 bridgehead atoms. The van der Waals surface area contributed by atoms with Crippen molar-refractivity contribution in [2.75, 3.05) is 26.8 Å². The van der Waals surface area contributed by atoms with Crippen LogP contribution in [-0.2, 0) is 17.7 Å². The molecule has 0 amide bonds. The van der Waals surface area contributed by atoms with E-state index in [1.165, 1.54) is 11.1 Å². The maximum absolute atomic E-state index is 5.65. The third kappa shape index (κ3) is 6.19. The summed E-state index contributed by atoms with van der Waals surface area (Å²) in [6, 6.07) is 8.52. The molecule has 1 rings (SSSR count). The molecular weight excluding hydrogens is 236 g/mol. The molecule has 0 aliphatic heterocycles. The van der Waals surface area contributed by atoms with Gasteiger partial charge in [0.25, 0.3) is 0 Å². The zero-order valence-corrected chi connectivity index (χ0v) is 12.5. The maximum Gasteiger partial charge on any atom is 0.0467 e. The number of hydrogen-bond donors (Lipinski definition) is 2. The first-order chi connectivity index (χ1) is 9.09. The molecule has 108 valence electrons. The average Bonchev–Trinajstić information content (AvgIpc) is 2.39. The van der Waals surface area contributed by atoms with Gasteiger partial charge in [0.15, 0.2) is 0 Å². The van der Waals surface area contributed by atoms with Crippen molar-refractivity contribution in [3.8, 4) is 0 Å². The van der Waals surface area contributed by atoms with E-state index in [9.17, 15) is 0 Å². The molecule has 3 N–H and O–H groups in total. The third-order valence-corrected chi connectivity index (χ3v) is 3.43. The summed E-state index contributed by atoms with van der Waals surface area (Å²) in [4.78, 5) is 0. The summed E-state index contributed by atoms with van der Waals surface area (Å²) in [7, 11) is 1.76. The van der Waals surface area contributed by atoms with Gasteiger partial charge < -0.3 is 15.8 Å². The van der Waals surface area contributed by atoms with Crippen LogP contribution in [0.5, 0.6) is 0 Å². The second-order valence-corrected chi connectivity index (χ2v) is 5.82. The summed E-state index contributed by atoms with van der Waals surface area (Å²) >= 11 is 0.